The Morgan fingerprint density at radius 2 is 1.70 bits per heavy atom. The molecule has 3 aromatic rings. The van der Waals surface area contributed by atoms with Crippen molar-refractivity contribution in [2.24, 2.45) is 0 Å². The van der Waals surface area contributed by atoms with Crippen LogP contribution in [0.3, 0.4) is 0 Å². The highest BCUT2D eigenvalue weighted by Crippen LogP contribution is 2.24. The topological polar surface area (TPSA) is 61.2 Å². The van der Waals surface area contributed by atoms with Crippen molar-refractivity contribution in [1.82, 2.24) is 9.55 Å². The standard InChI is InChI=1S/C18H16N2O3/c1-12(23-13(2)21)17-19-15-10-6-7-11-16(15)20(17)18(22)14-8-4-3-5-9-14/h3-12H,1-2H3/t12-/m0/s1. The predicted octanol–water partition coefficient (Wildman–Crippen LogP) is 3.35. The molecule has 1 heterocycles. The Kier molecular flexibility index (Phi) is 3.93. The van der Waals surface area contributed by atoms with Crippen LogP contribution in [0.25, 0.3) is 11.0 Å². The van der Waals surface area contributed by atoms with Gasteiger partial charge in [0.15, 0.2) is 11.9 Å². The molecule has 1 atom stereocenters. The number of rotatable bonds is 3. The molecule has 116 valence electrons. The van der Waals surface area contributed by atoms with E-state index in [1.807, 2.05) is 42.5 Å². The second-order valence-corrected chi connectivity index (χ2v) is 5.22. The molecule has 1 aromatic heterocycles. The van der Waals surface area contributed by atoms with Crippen LogP contribution >= 0.6 is 0 Å². The summed E-state index contributed by atoms with van der Waals surface area (Å²) in [4.78, 5) is 28.6. The zero-order valence-electron chi connectivity index (χ0n) is 12.9. The van der Waals surface area contributed by atoms with Gasteiger partial charge >= 0.3 is 5.97 Å². The summed E-state index contributed by atoms with van der Waals surface area (Å²) in [5.74, 6) is -0.202. The molecule has 0 bridgehead atoms. The van der Waals surface area contributed by atoms with E-state index < -0.39 is 12.1 Å². The highest BCUT2D eigenvalue weighted by Gasteiger charge is 2.23. The van der Waals surface area contributed by atoms with Gasteiger partial charge in [-0.2, -0.15) is 0 Å². The molecule has 0 saturated heterocycles. The molecule has 0 N–H and O–H groups in total. The van der Waals surface area contributed by atoms with E-state index in [1.165, 1.54) is 11.5 Å². The third-order valence-electron chi connectivity index (χ3n) is 3.52. The fourth-order valence-corrected chi connectivity index (χ4v) is 2.54. The van der Waals surface area contributed by atoms with E-state index in [1.54, 1.807) is 19.1 Å². The maximum absolute atomic E-state index is 12.9. The number of nitrogens with zero attached hydrogens (tertiary/aromatic N) is 2. The summed E-state index contributed by atoms with van der Waals surface area (Å²) in [6.45, 7) is 3.04. The Balaban J connectivity index is 2.17. The number of benzene rings is 2. The highest BCUT2D eigenvalue weighted by atomic mass is 16.5. The molecule has 0 aliphatic heterocycles. The molecule has 5 heteroatoms. The van der Waals surface area contributed by atoms with Crippen LogP contribution in [0.2, 0.25) is 0 Å². The van der Waals surface area contributed by atoms with Crippen LogP contribution in [-0.4, -0.2) is 21.4 Å². The van der Waals surface area contributed by atoms with E-state index in [4.69, 9.17) is 4.74 Å². The minimum absolute atomic E-state index is 0.201. The van der Waals surface area contributed by atoms with Crippen molar-refractivity contribution in [1.29, 1.82) is 0 Å². The smallest absolute Gasteiger partial charge is 0.303 e. The van der Waals surface area contributed by atoms with E-state index >= 15 is 0 Å². The molecule has 23 heavy (non-hydrogen) atoms. The molecule has 3 rings (SSSR count). The first kappa shape index (κ1) is 15.0. The summed E-state index contributed by atoms with van der Waals surface area (Å²) >= 11 is 0. The zero-order chi connectivity index (χ0) is 16.4. The van der Waals surface area contributed by atoms with Crippen molar-refractivity contribution in [3.8, 4) is 0 Å². The van der Waals surface area contributed by atoms with E-state index in [2.05, 4.69) is 4.98 Å². The number of hydrogen-bond donors (Lipinski definition) is 0. The number of imidazole rings is 1. The third-order valence-corrected chi connectivity index (χ3v) is 3.52. The number of fused-ring (bicyclic) bond motifs is 1. The lowest BCUT2D eigenvalue weighted by atomic mass is 10.2. The molecular formula is C18H16N2O3. The van der Waals surface area contributed by atoms with Gasteiger partial charge in [-0.05, 0) is 31.2 Å². The van der Waals surface area contributed by atoms with Gasteiger partial charge in [-0.3, -0.25) is 14.2 Å². The molecule has 0 unspecified atom stereocenters. The van der Waals surface area contributed by atoms with E-state index in [9.17, 15) is 9.59 Å². The van der Waals surface area contributed by atoms with Crippen molar-refractivity contribution in [2.75, 3.05) is 0 Å². The maximum Gasteiger partial charge on any atom is 0.303 e. The molecule has 0 aliphatic carbocycles. The number of para-hydroxylation sites is 2. The van der Waals surface area contributed by atoms with Crippen molar-refractivity contribution < 1.29 is 14.3 Å². The number of aromatic nitrogens is 2. The quantitative estimate of drug-likeness (QED) is 0.696. The summed E-state index contributed by atoms with van der Waals surface area (Å²) in [5, 5.41) is 0. The van der Waals surface area contributed by atoms with Crippen LogP contribution < -0.4 is 0 Å². The van der Waals surface area contributed by atoms with Gasteiger partial charge in [-0.15, -0.1) is 0 Å². The minimum Gasteiger partial charge on any atom is -0.455 e. The molecule has 2 aromatic carbocycles. The number of carbonyl (C=O) groups is 2. The van der Waals surface area contributed by atoms with Crippen LogP contribution in [0, 0.1) is 0 Å². The van der Waals surface area contributed by atoms with Gasteiger partial charge in [0.1, 0.15) is 0 Å². The third kappa shape index (κ3) is 2.85. The maximum atomic E-state index is 12.9. The molecule has 0 aliphatic rings. The average Bonchev–Trinajstić information content (AvgIpc) is 2.94. The minimum atomic E-state index is -0.618. The van der Waals surface area contributed by atoms with Crippen molar-refractivity contribution in [3.05, 3.63) is 66.0 Å². The Morgan fingerprint density at radius 3 is 2.39 bits per heavy atom. The van der Waals surface area contributed by atoms with Crippen LogP contribution in [0.4, 0.5) is 0 Å². The SMILES string of the molecule is CC(=O)O[C@@H](C)c1nc2ccccc2n1C(=O)c1ccccc1. The first-order valence-electron chi connectivity index (χ1n) is 7.32. The van der Waals surface area contributed by atoms with E-state index in [-0.39, 0.29) is 5.91 Å². The van der Waals surface area contributed by atoms with Gasteiger partial charge in [-0.1, -0.05) is 30.3 Å². The zero-order valence-corrected chi connectivity index (χ0v) is 12.9. The number of hydrogen-bond acceptors (Lipinski definition) is 4. The molecule has 0 fully saturated rings. The molecule has 0 spiro atoms. The van der Waals surface area contributed by atoms with Crippen LogP contribution in [0.1, 0.15) is 36.1 Å². The van der Waals surface area contributed by atoms with Gasteiger partial charge in [0.05, 0.1) is 11.0 Å². The second-order valence-electron chi connectivity index (χ2n) is 5.22. The van der Waals surface area contributed by atoms with Crippen LogP contribution in [0.15, 0.2) is 54.6 Å². The predicted molar refractivity (Wildman–Crippen MR) is 86.1 cm³/mol. The second kappa shape index (κ2) is 6.04. The lowest BCUT2D eigenvalue weighted by Gasteiger charge is -2.13. The normalized spacial score (nSPS) is 12.1. The van der Waals surface area contributed by atoms with Crippen molar-refractivity contribution >= 4 is 22.9 Å². The summed E-state index contributed by atoms with van der Waals surface area (Å²) in [6.07, 6.45) is -0.618. The Morgan fingerprint density at radius 1 is 1.04 bits per heavy atom. The largest absolute Gasteiger partial charge is 0.455 e. The lowest BCUT2D eigenvalue weighted by Crippen LogP contribution is -2.18. The van der Waals surface area contributed by atoms with Gasteiger partial charge < -0.3 is 4.74 Å². The summed E-state index contributed by atoms with van der Waals surface area (Å²) in [5.41, 5.74) is 1.92. The fraction of sp³-hybridized carbons (Fsp3) is 0.167. The van der Waals surface area contributed by atoms with E-state index in [0.29, 0.717) is 22.4 Å². The lowest BCUT2D eigenvalue weighted by molar-refractivity contribution is -0.146. The summed E-state index contributed by atoms with van der Waals surface area (Å²) < 4.78 is 6.73. The number of carbonyl (C=O) groups excluding carboxylic acids is 2. The first-order valence-corrected chi connectivity index (χ1v) is 7.32. The first-order chi connectivity index (χ1) is 11.1. The molecule has 5 nitrogen and oxygen atoms in total. The monoisotopic (exact) mass is 308 g/mol. The van der Waals surface area contributed by atoms with Crippen molar-refractivity contribution in [3.63, 3.8) is 0 Å². The van der Waals surface area contributed by atoms with E-state index in [0.717, 1.165) is 0 Å². The Hall–Kier alpha value is -2.95. The molecule has 0 radical (unpaired) electrons. The van der Waals surface area contributed by atoms with Gasteiger partial charge in [0.2, 0.25) is 0 Å². The summed E-state index contributed by atoms with van der Waals surface area (Å²) in [6, 6.07) is 16.3. The Labute approximate surface area is 133 Å². The van der Waals surface area contributed by atoms with Gasteiger partial charge in [0, 0.05) is 12.5 Å². The summed E-state index contributed by atoms with van der Waals surface area (Å²) in [7, 11) is 0. The molecule has 0 saturated carbocycles. The fourth-order valence-electron chi connectivity index (χ4n) is 2.54. The molecule has 0 amide bonds. The number of esters is 1. The van der Waals surface area contributed by atoms with Crippen LogP contribution in [0.5, 0.6) is 0 Å². The average molecular weight is 308 g/mol. The highest BCUT2D eigenvalue weighted by molar-refractivity contribution is 6.01. The molecular weight excluding hydrogens is 292 g/mol. The van der Waals surface area contributed by atoms with Gasteiger partial charge in [0.25, 0.3) is 5.91 Å². The Bertz CT molecular complexity index is 868. The van der Waals surface area contributed by atoms with Crippen molar-refractivity contribution in [2.45, 2.75) is 20.0 Å². The van der Waals surface area contributed by atoms with Gasteiger partial charge in [-0.25, -0.2) is 4.98 Å². The van der Waals surface area contributed by atoms with Crippen LogP contribution in [-0.2, 0) is 9.53 Å². The number of ether oxygens (including phenoxy) is 1.